The van der Waals surface area contributed by atoms with Gasteiger partial charge in [-0.2, -0.15) is 0 Å². The van der Waals surface area contributed by atoms with Crippen LogP contribution >= 0.6 is 11.3 Å². The van der Waals surface area contributed by atoms with Crippen molar-refractivity contribution in [3.63, 3.8) is 0 Å². The molecule has 2 aromatic rings. The molecule has 1 aliphatic heterocycles. The average Bonchev–Trinajstić information content (AvgIpc) is 3.10. The maximum absolute atomic E-state index is 12.2. The number of hydrogen-bond donors (Lipinski definition) is 2. The molecule has 1 aliphatic rings. The Morgan fingerprint density at radius 1 is 1.38 bits per heavy atom. The number of likely N-dealkylation sites (tertiary alicyclic amines) is 1. The Labute approximate surface area is 145 Å². The zero-order valence-electron chi connectivity index (χ0n) is 13.7. The predicted octanol–water partition coefficient (Wildman–Crippen LogP) is 2.94. The number of ether oxygens (including phenoxy) is 1. The van der Waals surface area contributed by atoms with Gasteiger partial charge in [0.15, 0.2) is 0 Å². The molecule has 2 N–H and O–H groups in total. The van der Waals surface area contributed by atoms with Crippen molar-refractivity contribution in [2.45, 2.75) is 25.4 Å². The molecular formula is C17H22N4O2S. The molecule has 1 aromatic carbocycles. The van der Waals surface area contributed by atoms with Gasteiger partial charge in [-0.05, 0) is 25.0 Å². The number of hydrogen-bond acceptors (Lipinski definition) is 5. The van der Waals surface area contributed by atoms with Crippen LogP contribution < -0.4 is 15.4 Å². The molecular weight excluding hydrogens is 324 g/mol. The lowest BCUT2D eigenvalue weighted by atomic mass is 10.1. The van der Waals surface area contributed by atoms with Crippen LogP contribution in [0, 0.1) is 0 Å². The first-order valence-corrected chi connectivity index (χ1v) is 8.93. The Morgan fingerprint density at radius 3 is 2.88 bits per heavy atom. The molecule has 24 heavy (non-hydrogen) atoms. The van der Waals surface area contributed by atoms with Gasteiger partial charge in [0, 0.05) is 36.8 Å². The third-order valence-corrected chi connectivity index (χ3v) is 4.91. The van der Waals surface area contributed by atoms with Crippen LogP contribution in [0.1, 0.15) is 17.7 Å². The lowest BCUT2D eigenvalue weighted by Gasteiger charge is -2.31. The number of rotatable bonds is 5. The van der Waals surface area contributed by atoms with Gasteiger partial charge in [-0.15, -0.1) is 11.3 Å². The molecule has 0 atom stereocenters. The van der Waals surface area contributed by atoms with Gasteiger partial charge in [-0.1, -0.05) is 12.1 Å². The Kier molecular flexibility index (Phi) is 5.66. The van der Waals surface area contributed by atoms with Crippen molar-refractivity contribution in [3.8, 4) is 5.75 Å². The van der Waals surface area contributed by atoms with E-state index in [2.05, 4.69) is 20.5 Å². The van der Waals surface area contributed by atoms with E-state index in [1.807, 2.05) is 36.0 Å². The van der Waals surface area contributed by atoms with Crippen molar-refractivity contribution < 1.29 is 9.53 Å². The lowest BCUT2D eigenvalue weighted by molar-refractivity contribution is 0.191. The summed E-state index contributed by atoms with van der Waals surface area (Å²) in [4.78, 5) is 20.0. The summed E-state index contributed by atoms with van der Waals surface area (Å²) in [5.74, 6) is 0.659. The fourth-order valence-electron chi connectivity index (χ4n) is 2.87. The molecule has 0 aliphatic carbocycles. The quantitative estimate of drug-likeness (QED) is 0.873. The zero-order chi connectivity index (χ0) is 16.8. The second-order valence-electron chi connectivity index (χ2n) is 5.82. The third kappa shape index (κ3) is 4.46. The molecule has 1 aromatic heterocycles. The summed E-state index contributed by atoms with van der Waals surface area (Å²) in [7, 11) is 1.59. The molecule has 0 bridgehead atoms. The number of carbonyl (C=O) groups is 1. The van der Waals surface area contributed by atoms with E-state index in [1.54, 1.807) is 18.4 Å². The minimum absolute atomic E-state index is 0.180. The lowest BCUT2D eigenvalue weighted by Crippen LogP contribution is -2.45. The standard InChI is InChI=1S/C17H22N4O2S/c1-23-16-5-3-2-4-15(16)20-17(22)19-13-6-8-21(9-7-13)11-14-10-18-12-24-14/h2-5,10,12-13H,6-9,11H2,1H3,(H2,19,20,22). The van der Waals surface area contributed by atoms with Crippen molar-refractivity contribution >= 4 is 23.1 Å². The van der Waals surface area contributed by atoms with Crippen LogP contribution in [-0.2, 0) is 6.54 Å². The van der Waals surface area contributed by atoms with Crippen LogP contribution in [0.25, 0.3) is 0 Å². The number of carbonyl (C=O) groups excluding carboxylic acids is 1. The van der Waals surface area contributed by atoms with E-state index in [0.29, 0.717) is 11.4 Å². The number of aromatic nitrogens is 1. The van der Waals surface area contributed by atoms with Gasteiger partial charge >= 0.3 is 6.03 Å². The smallest absolute Gasteiger partial charge is 0.319 e. The monoisotopic (exact) mass is 346 g/mol. The van der Waals surface area contributed by atoms with Gasteiger partial charge in [-0.3, -0.25) is 9.88 Å². The minimum Gasteiger partial charge on any atom is -0.495 e. The second-order valence-corrected chi connectivity index (χ2v) is 6.79. The van der Waals surface area contributed by atoms with Gasteiger partial charge in [-0.25, -0.2) is 4.79 Å². The normalized spacial score (nSPS) is 15.9. The molecule has 0 radical (unpaired) electrons. The Bertz CT molecular complexity index is 654. The number of piperidine rings is 1. The van der Waals surface area contributed by atoms with Gasteiger partial charge in [0.25, 0.3) is 0 Å². The van der Waals surface area contributed by atoms with Crippen molar-refractivity contribution in [3.05, 3.63) is 40.8 Å². The molecule has 0 saturated carbocycles. The second kappa shape index (κ2) is 8.12. The van der Waals surface area contributed by atoms with E-state index < -0.39 is 0 Å². The SMILES string of the molecule is COc1ccccc1NC(=O)NC1CCN(Cc2cncs2)CC1. The molecule has 6 nitrogen and oxygen atoms in total. The van der Waals surface area contributed by atoms with E-state index >= 15 is 0 Å². The minimum atomic E-state index is -0.180. The van der Waals surface area contributed by atoms with Crippen LogP contribution in [0.5, 0.6) is 5.75 Å². The molecule has 2 heterocycles. The number of benzene rings is 1. The zero-order valence-corrected chi connectivity index (χ0v) is 14.5. The van der Waals surface area contributed by atoms with Crippen LogP contribution in [0.4, 0.5) is 10.5 Å². The summed E-state index contributed by atoms with van der Waals surface area (Å²) in [5, 5.41) is 5.92. The number of nitrogens with zero attached hydrogens (tertiary/aromatic N) is 2. The number of methoxy groups -OCH3 is 1. The number of amides is 2. The summed E-state index contributed by atoms with van der Waals surface area (Å²) < 4.78 is 5.25. The van der Waals surface area contributed by atoms with Gasteiger partial charge < -0.3 is 15.4 Å². The molecule has 1 fully saturated rings. The highest BCUT2D eigenvalue weighted by atomic mass is 32.1. The first kappa shape index (κ1) is 16.7. The predicted molar refractivity (Wildman–Crippen MR) is 95.6 cm³/mol. The fraction of sp³-hybridized carbons (Fsp3) is 0.412. The van der Waals surface area contributed by atoms with Crippen molar-refractivity contribution in [2.24, 2.45) is 0 Å². The number of para-hydroxylation sites is 2. The summed E-state index contributed by atoms with van der Waals surface area (Å²) in [6, 6.07) is 7.43. The van der Waals surface area contributed by atoms with Gasteiger partial charge in [0.2, 0.25) is 0 Å². The van der Waals surface area contributed by atoms with Gasteiger partial charge in [0.1, 0.15) is 5.75 Å². The van der Waals surface area contributed by atoms with Crippen LogP contribution in [0.2, 0.25) is 0 Å². The molecule has 3 rings (SSSR count). The molecule has 2 amide bonds. The number of urea groups is 1. The maximum atomic E-state index is 12.2. The maximum Gasteiger partial charge on any atom is 0.319 e. The Hall–Kier alpha value is -2.12. The molecule has 128 valence electrons. The highest BCUT2D eigenvalue weighted by molar-refractivity contribution is 7.09. The summed E-state index contributed by atoms with van der Waals surface area (Å²) in [6.45, 7) is 2.92. The average molecular weight is 346 g/mol. The van der Waals surface area contributed by atoms with E-state index in [-0.39, 0.29) is 12.1 Å². The van der Waals surface area contributed by atoms with Crippen LogP contribution in [-0.4, -0.2) is 42.2 Å². The van der Waals surface area contributed by atoms with Crippen LogP contribution in [0.3, 0.4) is 0 Å². The van der Waals surface area contributed by atoms with Crippen molar-refractivity contribution in [1.82, 2.24) is 15.2 Å². The Balaban J connectivity index is 1.44. The van der Waals surface area contributed by atoms with E-state index in [9.17, 15) is 4.79 Å². The Morgan fingerprint density at radius 2 is 2.17 bits per heavy atom. The van der Waals surface area contributed by atoms with E-state index in [4.69, 9.17) is 4.74 Å². The summed E-state index contributed by atoms with van der Waals surface area (Å²) in [5.41, 5.74) is 2.55. The third-order valence-electron chi connectivity index (χ3n) is 4.14. The summed E-state index contributed by atoms with van der Waals surface area (Å²) >= 11 is 1.69. The van der Waals surface area contributed by atoms with E-state index in [1.165, 1.54) is 4.88 Å². The van der Waals surface area contributed by atoms with Crippen molar-refractivity contribution in [2.75, 3.05) is 25.5 Å². The topological polar surface area (TPSA) is 66.5 Å². The van der Waals surface area contributed by atoms with Crippen LogP contribution in [0.15, 0.2) is 36.0 Å². The van der Waals surface area contributed by atoms with E-state index in [0.717, 1.165) is 32.5 Å². The first-order chi connectivity index (χ1) is 11.7. The van der Waals surface area contributed by atoms with Crippen molar-refractivity contribution in [1.29, 1.82) is 0 Å². The summed E-state index contributed by atoms with van der Waals surface area (Å²) in [6.07, 6.45) is 3.84. The highest BCUT2D eigenvalue weighted by Gasteiger charge is 2.21. The highest BCUT2D eigenvalue weighted by Crippen LogP contribution is 2.23. The fourth-order valence-corrected chi connectivity index (χ4v) is 3.50. The molecule has 1 saturated heterocycles. The van der Waals surface area contributed by atoms with Gasteiger partial charge in [0.05, 0.1) is 18.3 Å². The molecule has 7 heteroatoms. The first-order valence-electron chi connectivity index (χ1n) is 8.05. The number of nitrogens with one attached hydrogen (secondary N) is 2. The largest absolute Gasteiger partial charge is 0.495 e. The molecule has 0 spiro atoms. The number of thiazole rings is 1. The number of anilines is 1. The molecule has 0 unspecified atom stereocenters.